The molecule has 2 atom stereocenters. The number of amidine groups is 1. The van der Waals surface area contributed by atoms with Crippen LogP contribution in [0.4, 0.5) is 13.2 Å². The van der Waals surface area contributed by atoms with E-state index in [2.05, 4.69) is 10.5 Å². The van der Waals surface area contributed by atoms with Crippen LogP contribution < -0.4 is 11.1 Å². The van der Waals surface area contributed by atoms with Crippen LogP contribution in [0.15, 0.2) is 29.4 Å². The van der Waals surface area contributed by atoms with Crippen molar-refractivity contribution in [1.29, 1.82) is 0 Å². The van der Waals surface area contributed by atoms with Crippen molar-refractivity contribution in [3.05, 3.63) is 34.9 Å². The minimum Gasteiger partial charge on any atom is -0.409 e. The van der Waals surface area contributed by atoms with Crippen molar-refractivity contribution in [2.75, 3.05) is 6.54 Å². The third kappa shape index (κ3) is 4.28. The van der Waals surface area contributed by atoms with Gasteiger partial charge in [-0.25, -0.2) is 0 Å². The Balaban J connectivity index is 2.76. The van der Waals surface area contributed by atoms with E-state index in [9.17, 15) is 13.2 Å². The number of hydrogen-bond acceptors (Lipinski definition) is 3. The summed E-state index contributed by atoms with van der Waals surface area (Å²) in [5.74, 6) is -2.94. The fourth-order valence-corrected chi connectivity index (χ4v) is 1.99. The zero-order valence-electron chi connectivity index (χ0n) is 10.7. The monoisotopic (exact) mass is 309 g/mol. The van der Waals surface area contributed by atoms with Gasteiger partial charge in [-0.1, -0.05) is 35.0 Å². The molecule has 4 nitrogen and oxygen atoms in total. The largest absolute Gasteiger partial charge is 0.409 e. The quantitative estimate of drug-likeness (QED) is 0.339. The summed E-state index contributed by atoms with van der Waals surface area (Å²) in [5, 5.41) is 14.0. The molecule has 0 saturated heterocycles. The molecule has 0 aromatic heterocycles. The molecule has 0 aliphatic carbocycles. The van der Waals surface area contributed by atoms with Crippen LogP contribution in [0, 0.1) is 5.92 Å². The van der Waals surface area contributed by atoms with Gasteiger partial charge < -0.3 is 16.3 Å². The summed E-state index contributed by atoms with van der Waals surface area (Å²) in [6.45, 7) is 1.17. The number of hydrogen-bond donors (Lipinski definition) is 3. The standard InChI is InChI=1S/C12H15ClF3N3O/c1-7(8-4-2-3-5-10(8)13)18-6-9(11(17)19-20)12(14,15)16/h2-5,7,9,18,20H,6H2,1H3,(H2,17,19). The predicted molar refractivity (Wildman–Crippen MR) is 70.8 cm³/mol. The number of benzene rings is 1. The number of nitrogens with one attached hydrogen (secondary N) is 1. The first-order chi connectivity index (χ1) is 9.27. The second-order valence-corrected chi connectivity index (χ2v) is 4.68. The van der Waals surface area contributed by atoms with Gasteiger partial charge in [0.05, 0.1) is 0 Å². The molecule has 0 radical (unpaired) electrons. The average molecular weight is 310 g/mol. The number of nitrogens with zero attached hydrogens (tertiary/aromatic N) is 1. The molecule has 0 aliphatic rings. The topological polar surface area (TPSA) is 70.6 Å². The molecule has 0 bridgehead atoms. The lowest BCUT2D eigenvalue weighted by Gasteiger charge is -2.22. The third-order valence-corrected chi connectivity index (χ3v) is 3.21. The van der Waals surface area contributed by atoms with Crippen molar-refractivity contribution in [2.45, 2.75) is 19.1 Å². The van der Waals surface area contributed by atoms with Crippen molar-refractivity contribution in [1.82, 2.24) is 5.32 Å². The molecule has 1 rings (SSSR count). The molecular formula is C12H15ClF3N3O. The van der Waals surface area contributed by atoms with Crippen LogP contribution in [0.5, 0.6) is 0 Å². The highest BCUT2D eigenvalue weighted by atomic mass is 35.5. The van der Waals surface area contributed by atoms with E-state index in [4.69, 9.17) is 22.5 Å². The molecule has 8 heteroatoms. The van der Waals surface area contributed by atoms with Crippen molar-refractivity contribution < 1.29 is 18.4 Å². The van der Waals surface area contributed by atoms with E-state index in [1.165, 1.54) is 0 Å². The maximum Gasteiger partial charge on any atom is 0.400 e. The Kier molecular flexibility index (Phi) is 5.64. The van der Waals surface area contributed by atoms with Gasteiger partial charge in [-0.05, 0) is 18.6 Å². The summed E-state index contributed by atoms with van der Waals surface area (Å²) in [5.41, 5.74) is 5.75. The second kappa shape index (κ2) is 6.81. The minimum atomic E-state index is -4.59. The van der Waals surface area contributed by atoms with Crippen LogP contribution in [-0.4, -0.2) is 23.8 Å². The van der Waals surface area contributed by atoms with Crippen molar-refractivity contribution in [3.63, 3.8) is 0 Å². The van der Waals surface area contributed by atoms with Crippen LogP contribution in [0.2, 0.25) is 5.02 Å². The predicted octanol–water partition coefficient (Wildman–Crippen LogP) is 2.92. The highest BCUT2D eigenvalue weighted by molar-refractivity contribution is 6.31. The Morgan fingerprint density at radius 1 is 1.45 bits per heavy atom. The first-order valence-corrected chi connectivity index (χ1v) is 6.17. The summed E-state index contributed by atoms with van der Waals surface area (Å²) in [4.78, 5) is 0. The number of rotatable bonds is 5. The molecule has 0 spiro atoms. The van der Waals surface area contributed by atoms with Crippen LogP contribution in [0.25, 0.3) is 0 Å². The summed E-state index contributed by atoms with van der Waals surface area (Å²) >= 11 is 5.96. The molecular weight excluding hydrogens is 295 g/mol. The first-order valence-electron chi connectivity index (χ1n) is 5.79. The lowest BCUT2D eigenvalue weighted by Crippen LogP contribution is -2.43. The Morgan fingerprint density at radius 2 is 2.05 bits per heavy atom. The lowest BCUT2D eigenvalue weighted by atomic mass is 10.1. The van der Waals surface area contributed by atoms with Crippen LogP contribution >= 0.6 is 11.6 Å². The Morgan fingerprint density at radius 3 is 2.55 bits per heavy atom. The van der Waals surface area contributed by atoms with E-state index in [1.54, 1.807) is 31.2 Å². The van der Waals surface area contributed by atoms with Gasteiger partial charge in [0.1, 0.15) is 5.92 Å². The SMILES string of the molecule is CC(NCC(/C(N)=N/O)C(F)(F)F)c1ccccc1Cl. The molecule has 0 aliphatic heterocycles. The fourth-order valence-electron chi connectivity index (χ4n) is 1.69. The van der Waals surface area contributed by atoms with Gasteiger partial charge in [-0.3, -0.25) is 0 Å². The third-order valence-electron chi connectivity index (χ3n) is 2.87. The Hall–Kier alpha value is -1.47. The van der Waals surface area contributed by atoms with E-state index in [0.717, 1.165) is 0 Å². The number of halogens is 4. The van der Waals surface area contributed by atoms with Gasteiger partial charge in [-0.15, -0.1) is 0 Å². The molecule has 0 saturated carbocycles. The van der Waals surface area contributed by atoms with Crippen LogP contribution in [-0.2, 0) is 0 Å². The molecule has 0 amide bonds. The average Bonchev–Trinajstić information content (AvgIpc) is 2.37. The molecule has 112 valence electrons. The molecule has 20 heavy (non-hydrogen) atoms. The fraction of sp³-hybridized carbons (Fsp3) is 0.417. The molecule has 2 unspecified atom stereocenters. The first kappa shape index (κ1) is 16.6. The molecule has 4 N–H and O–H groups in total. The minimum absolute atomic E-state index is 0.403. The van der Waals surface area contributed by atoms with Gasteiger partial charge in [0, 0.05) is 17.6 Å². The molecule has 1 aromatic rings. The normalized spacial score (nSPS) is 15.9. The van der Waals surface area contributed by atoms with Crippen LogP contribution in [0.3, 0.4) is 0 Å². The lowest BCUT2D eigenvalue weighted by molar-refractivity contribution is -0.155. The van der Waals surface area contributed by atoms with Gasteiger partial charge in [0.15, 0.2) is 5.84 Å². The van der Waals surface area contributed by atoms with Crippen molar-refractivity contribution in [2.24, 2.45) is 16.8 Å². The summed E-state index contributed by atoms with van der Waals surface area (Å²) in [6.07, 6.45) is -4.59. The maximum atomic E-state index is 12.8. The zero-order chi connectivity index (χ0) is 15.3. The van der Waals surface area contributed by atoms with E-state index in [1.807, 2.05) is 0 Å². The van der Waals surface area contributed by atoms with E-state index in [0.29, 0.717) is 10.6 Å². The number of oxime groups is 1. The van der Waals surface area contributed by atoms with E-state index in [-0.39, 0.29) is 0 Å². The highest BCUT2D eigenvalue weighted by Gasteiger charge is 2.42. The van der Waals surface area contributed by atoms with Gasteiger partial charge in [0.2, 0.25) is 0 Å². The Labute approximate surface area is 119 Å². The van der Waals surface area contributed by atoms with Crippen LogP contribution in [0.1, 0.15) is 18.5 Å². The molecule has 0 heterocycles. The second-order valence-electron chi connectivity index (χ2n) is 4.27. The van der Waals surface area contributed by atoms with Gasteiger partial charge >= 0.3 is 6.18 Å². The Bertz CT molecular complexity index is 479. The zero-order valence-corrected chi connectivity index (χ0v) is 11.4. The molecule has 1 aromatic carbocycles. The van der Waals surface area contributed by atoms with Gasteiger partial charge in [0.25, 0.3) is 0 Å². The summed E-state index contributed by atoms with van der Waals surface area (Å²) in [7, 11) is 0. The van der Waals surface area contributed by atoms with E-state index < -0.39 is 30.5 Å². The van der Waals surface area contributed by atoms with Crippen molar-refractivity contribution in [3.8, 4) is 0 Å². The smallest absolute Gasteiger partial charge is 0.400 e. The molecule has 0 fully saturated rings. The summed E-state index contributed by atoms with van der Waals surface area (Å²) in [6, 6.07) is 6.43. The maximum absolute atomic E-state index is 12.8. The number of alkyl halides is 3. The number of nitrogens with two attached hydrogens (primary N) is 1. The van der Waals surface area contributed by atoms with E-state index >= 15 is 0 Å². The highest BCUT2D eigenvalue weighted by Crippen LogP contribution is 2.27. The summed E-state index contributed by atoms with van der Waals surface area (Å²) < 4.78 is 38.3. The van der Waals surface area contributed by atoms with Gasteiger partial charge in [-0.2, -0.15) is 13.2 Å². The van der Waals surface area contributed by atoms with Crippen molar-refractivity contribution >= 4 is 17.4 Å².